The van der Waals surface area contributed by atoms with Gasteiger partial charge < -0.3 is 19.5 Å². The minimum absolute atomic E-state index is 0.270. The van der Waals surface area contributed by atoms with Gasteiger partial charge in [0.25, 0.3) is 5.91 Å². The highest BCUT2D eigenvalue weighted by Gasteiger charge is 2.13. The maximum absolute atomic E-state index is 12.9. The van der Waals surface area contributed by atoms with Crippen molar-refractivity contribution in [3.05, 3.63) is 53.8 Å². The monoisotopic (exact) mass is 375 g/mol. The maximum Gasteiger partial charge on any atom is 0.338 e. The highest BCUT2D eigenvalue weighted by molar-refractivity contribution is 5.92. The SMILES string of the molecule is CCCCOC(=O)c1ccc(OCC(=O)Nc2ccc(F)cc2)c(OC)c1. The third-order valence-electron chi connectivity index (χ3n) is 3.62. The summed E-state index contributed by atoms with van der Waals surface area (Å²) < 4.78 is 28.7. The summed E-state index contributed by atoms with van der Waals surface area (Å²) in [4.78, 5) is 23.9. The first-order valence-electron chi connectivity index (χ1n) is 8.57. The number of amides is 1. The van der Waals surface area contributed by atoms with Crippen LogP contribution in [-0.4, -0.2) is 32.2 Å². The zero-order chi connectivity index (χ0) is 19.6. The van der Waals surface area contributed by atoms with E-state index in [0.29, 0.717) is 29.4 Å². The molecule has 7 heteroatoms. The Morgan fingerprint density at radius 3 is 2.48 bits per heavy atom. The average Bonchev–Trinajstić information content (AvgIpc) is 2.68. The molecule has 0 unspecified atom stereocenters. The molecule has 0 radical (unpaired) electrons. The van der Waals surface area contributed by atoms with Crippen LogP contribution in [0, 0.1) is 5.82 Å². The molecule has 0 saturated heterocycles. The molecule has 1 amide bonds. The lowest BCUT2D eigenvalue weighted by atomic mass is 10.2. The van der Waals surface area contributed by atoms with Crippen LogP contribution in [0.25, 0.3) is 0 Å². The first-order chi connectivity index (χ1) is 13.0. The fraction of sp³-hybridized carbons (Fsp3) is 0.300. The number of anilines is 1. The second-order valence-electron chi connectivity index (χ2n) is 5.70. The summed E-state index contributed by atoms with van der Waals surface area (Å²) in [5.74, 6) is -0.609. The molecule has 0 fully saturated rings. The number of hydrogen-bond donors (Lipinski definition) is 1. The molecule has 0 atom stereocenters. The largest absolute Gasteiger partial charge is 0.493 e. The lowest BCUT2D eigenvalue weighted by Gasteiger charge is -2.12. The Morgan fingerprint density at radius 1 is 1.07 bits per heavy atom. The molecule has 0 aliphatic rings. The van der Waals surface area contributed by atoms with Gasteiger partial charge in [-0.2, -0.15) is 0 Å². The number of carbonyl (C=O) groups is 2. The number of methoxy groups -OCH3 is 1. The second kappa shape index (κ2) is 10.2. The summed E-state index contributed by atoms with van der Waals surface area (Å²) in [6, 6.07) is 9.99. The van der Waals surface area contributed by atoms with E-state index >= 15 is 0 Å². The van der Waals surface area contributed by atoms with Gasteiger partial charge in [0, 0.05) is 5.69 Å². The van der Waals surface area contributed by atoms with Crippen molar-refractivity contribution >= 4 is 17.6 Å². The molecule has 0 aliphatic heterocycles. The summed E-state index contributed by atoms with van der Waals surface area (Å²) in [6.45, 7) is 2.10. The van der Waals surface area contributed by atoms with Crippen molar-refractivity contribution in [1.82, 2.24) is 0 Å². The molecule has 27 heavy (non-hydrogen) atoms. The topological polar surface area (TPSA) is 73.9 Å². The van der Waals surface area contributed by atoms with Crippen LogP contribution < -0.4 is 14.8 Å². The Kier molecular flexibility index (Phi) is 7.61. The molecule has 2 aromatic rings. The summed E-state index contributed by atoms with van der Waals surface area (Å²) >= 11 is 0. The summed E-state index contributed by atoms with van der Waals surface area (Å²) in [5.41, 5.74) is 0.799. The van der Waals surface area contributed by atoms with Gasteiger partial charge in [0.15, 0.2) is 18.1 Å². The van der Waals surface area contributed by atoms with Crippen LogP contribution in [0.3, 0.4) is 0 Å². The van der Waals surface area contributed by atoms with Crippen LogP contribution in [0.15, 0.2) is 42.5 Å². The molecule has 2 rings (SSSR count). The number of ether oxygens (including phenoxy) is 3. The zero-order valence-corrected chi connectivity index (χ0v) is 15.3. The Labute approximate surface area is 157 Å². The van der Waals surface area contributed by atoms with Gasteiger partial charge in [0.05, 0.1) is 19.3 Å². The van der Waals surface area contributed by atoms with Crippen molar-refractivity contribution in [2.24, 2.45) is 0 Å². The van der Waals surface area contributed by atoms with E-state index in [0.717, 1.165) is 12.8 Å². The molecule has 0 saturated carbocycles. The average molecular weight is 375 g/mol. The number of carbonyl (C=O) groups excluding carboxylic acids is 2. The van der Waals surface area contributed by atoms with Gasteiger partial charge >= 0.3 is 5.97 Å². The number of unbranched alkanes of at least 4 members (excludes halogenated alkanes) is 1. The molecule has 0 spiro atoms. The molecule has 1 N–H and O–H groups in total. The smallest absolute Gasteiger partial charge is 0.338 e. The second-order valence-corrected chi connectivity index (χ2v) is 5.70. The molecule has 0 aromatic heterocycles. The number of rotatable bonds is 9. The predicted octanol–water partition coefficient (Wildman–Crippen LogP) is 3.81. The van der Waals surface area contributed by atoms with Crippen molar-refractivity contribution in [3.8, 4) is 11.5 Å². The van der Waals surface area contributed by atoms with Crippen LogP contribution in [0.4, 0.5) is 10.1 Å². The number of esters is 1. The summed E-state index contributed by atoms with van der Waals surface area (Å²) in [5, 5.41) is 2.59. The van der Waals surface area contributed by atoms with Gasteiger partial charge in [-0.1, -0.05) is 13.3 Å². The van der Waals surface area contributed by atoms with Crippen LogP contribution in [0.2, 0.25) is 0 Å². The molecular weight excluding hydrogens is 353 g/mol. The third kappa shape index (κ3) is 6.29. The first-order valence-corrected chi connectivity index (χ1v) is 8.57. The van der Waals surface area contributed by atoms with Gasteiger partial charge in [0.2, 0.25) is 0 Å². The number of nitrogens with one attached hydrogen (secondary N) is 1. The standard InChI is InChI=1S/C20H22FNO5/c1-3-4-11-26-20(24)14-5-10-17(18(12-14)25-2)27-13-19(23)22-16-8-6-15(21)7-9-16/h5-10,12H,3-4,11,13H2,1-2H3,(H,22,23). The predicted molar refractivity (Wildman–Crippen MR) is 98.7 cm³/mol. The third-order valence-corrected chi connectivity index (χ3v) is 3.62. The molecule has 144 valence electrons. The Hall–Kier alpha value is -3.09. The highest BCUT2D eigenvalue weighted by Crippen LogP contribution is 2.28. The Balaban J connectivity index is 1.94. The van der Waals surface area contributed by atoms with Gasteiger partial charge in [-0.05, 0) is 48.9 Å². The van der Waals surface area contributed by atoms with Crippen LogP contribution in [-0.2, 0) is 9.53 Å². The first kappa shape index (κ1) is 20.2. The van der Waals surface area contributed by atoms with E-state index in [1.165, 1.54) is 37.4 Å². The van der Waals surface area contributed by atoms with Crippen molar-refractivity contribution in [1.29, 1.82) is 0 Å². The minimum Gasteiger partial charge on any atom is -0.493 e. The number of benzene rings is 2. The fourth-order valence-corrected chi connectivity index (χ4v) is 2.18. The quantitative estimate of drug-likeness (QED) is 0.533. The van der Waals surface area contributed by atoms with Gasteiger partial charge in [-0.15, -0.1) is 0 Å². The van der Waals surface area contributed by atoms with Crippen LogP contribution >= 0.6 is 0 Å². The van der Waals surface area contributed by atoms with Gasteiger partial charge in [-0.25, -0.2) is 9.18 Å². The maximum atomic E-state index is 12.9. The number of halogens is 1. The van der Waals surface area contributed by atoms with Crippen molar-refractivity contribution < 1.29 is 28.2 Å². The molecule has 0 bridgehead atoms. The van der Waals surface area contributed by atoms with E-state index in [-0.39, 0.29) is 12.4 Å². The van der Waals surface area contributed by atoms with Crippen molar-refractivity contribution in [2.75, 3.05) is 25.6 Å². The highest BCUT2D eigenvalue weighted by atomic mass is 19.1. The lowest BCUT2D eigenvalue weighted by Crippen LogP contribution is -2.20. The van der Waals surface area contributed by atoms with E-state index in [4.69, 9.17) is 14.2 Å². The van der Waals surface area contributed by atoms with Crippen LogP contribution in [0.5, 0.6) is 11.5 Å². The summed E-state index contributed by atoms with van der Waals surface area (Å²) in [6.07, 6.45) is 1.73. The van der Waals surface area contributed by atoms with Gasteiger partial charge in [0.1, 0.15) is 5.82 Å². The Bertz CT molecular complexity index is 776. The van der Waals surface area contributed by atoms with Crippen molar-refractivity contribution in [2.45, 2.75) is 19.8 Å². The van der Waals surface area contributed by atoms with E-state index in [1.54, 1.807) is 12.1 Å². The molecule has 6 nitrogen and oxygen atoms in total. The number of hydrogen-bond acceptors (Lipinski definition) is 5. The van der Waals surface area contributed by atoms with Gasteiger partial charge in [-0.3, -0.25) is 4.79 Å². The van der Waals surface area contributed by atoms with E-state index in [1.807, 2.05) is 6.92 Å². The molecule has 2 aromatic carbocycles. The fourth-order valence-electron chi connectivity index (χ4n) is 2.18. The molecular formula is C20H22FNO5. The Morgan fingerprint density at radius 2 is 1.81 bits per heavy atom. The summed E-state index contributed by atoms with van der Waals surface area (Å²) in [7, 11) is 1.44. The normalized spacial score (nSPS) is 10.2. The van der Waals surface area contributed by atoms with Crippen molar-refractivity contribution in [3.63, 3.8) is 0 Å². The van der Waals surface area contributed by atoms with E-state index in [2.05, 4.69) is 5.32 Å². The van der Waals surface area contributed by atoms with E-state index in [9.17, 15) is 14.0 Å². The zero-order valence-electron chi connectivity index (χ0n) is 15.3. The van der Waals surface area contributed by atoms with Crippen LogP contribution in [0.1, 0.15) is 30.1 Å². The van der Waals surface area contributed by atoms with E-state index < -0.39 is 11.9 Å². The minimum atomic E-state index is -0.442. The molecule has 0 heterocycles. The molecule has 0 aliphatic carbocycles. The lowest BCUT2D eigenvalue weighted by molar-refractivity contribution is -0.118.